The van der Waals surface area contributed by atoms with Crippen molar-refractivity contribution in [2.75, 3.05) is 0 Å². The van der Waals surface area contributed by atoms with E-state index in [1.165, 1.54) is 0 Å². The number of aromatic nitrogens is 2. The molecule has 0 aliphatic carbocycles. The van der Waals surface area contributed by atoms with Gasteiger partial charge in [0.05, 0.1) is 0 Å². The van der Waals surface area contributed by atoms with Crippen LogP contribution in [0.5, 0.6) is 5.75 Å². The Morgan fingerprint density at radius 1 is 1.11 bits per heavy atom. The van der Waals surface area contributed by atoms with Crippen LogP contribution in [0.3, 0.4) is 0 Å². The molecule has 0 aliphatic heterocycles. The van der Waals surface area contributed by atoms with Crippen molar-refractivity contribution in [3.8, 4) is 5.75 Å². The van der Waals surface area contributed by atoms with Crippen LogP contribution in [0.1, 0.15) is 5.56 Å². The van der Waals surface area contributed by atoms with Crippen LogP contribution in [0.15, 0.2) is 59.5 Å². The molecule has 3 rings (SSSR count). The molecule has 18 heavy (non-hydrogen) atoms. The Hall–Kier alpha value is -1.81. The molecule has 0 bridgehead atoms. The molecule has 0 amide bonds. The largest absolute Gasteiger partial charge is 0.485 e. The molecule has 0 spiro atoms. The molecular formula is C14H11BrN2O. The third-order valence-electron chi connectivity index (χ3n) is 2.65. The topological polar surface area (TPSA) is 26.5 Å². The standard InChI is InChI=1S/C14H11BrN2O/c15-13-9-17-8-4-7-12(14(17)16-13)18-10-11-5-2-1-3-6-11/h1-9H,10H2. The van der Waals surface area contributed by atoms with E-state index < -0.39 is 0 Å². The van der Waals surface area contributed by atoms with Gasteiger partial charge in [-0.05, 0) is 33.6 Å². The Labute approximate surface area is 113 Å². The molecule has 1 aromatic carbocycles. The van der Waals surface area contributed by atoms with E-state index in [0.29, 0.717) is 6.61 Å². The molecule has 0 atom stereocenters. The highest BCUT2D eigenvalue weighted by atomic mass is 79.9. The molecule has 0 N–H and O–H groups in total. The van der Waals surface area contributed by atoms with Gasteiger partial charge >= 0.3 is 0 Å². The first-order chi connectivity index (χ1) is 8.83. The highest BCUT2D eigenvalue weighted by molar-refractivity contribution is 9.10. The number of rotatable bonds is 3. The second kappa shape index (κ2) is 4.82. The van der Waals surface area contributed by atoms with Crippen molar-refractivity contribution >= 4 is 21.6 Å². The SMILES string of the molecule is Brc1cn2cccc(OCc3ccccc3)c2n1. The van der Waals surface area contributed by atoms with Crippen LogP contribution in [0.25, 0.3) is 5.65 Å². The minimum atomic E-state index is 0.547. The molecule has 3 nitrogen and oxygen atoms in total. The van der Waals surface area contributed by atoms with Crippen LogP contribution in [-0.2, 0) is 6.61 Å². The lowest BCUT2D eigenvalue weighted by Gasteiger charge is -2.07. The first-order valence-electron chi connectivity index (χ1n) is 5.63. The van der Waals surface area contributed by atoms with Gasteiger partial charge in [-0.15, -0.1) is 0 Å². The molecule has 0 radical (unpaired) electrons. The molecule has 4 heteroatoms. The van der Waals surface area contributed by atoms with Gasteiger partial charge in [-0.1, -0.05) is 30.3 Å². The van der Waals surface area contributed by atoms with Crippen molar-refractivity contribution in [1.82, 2.24) is 9.38 Å². The van der Waals surface area contributed by atoms with Crippen LogP contribution in [-0.4, -0.2) is 9.38 Å². The van der Waals surface area contributed by atoms with E-state index in [2.05, 4.69) is 20.9 Å². The molecule has 0 unspecified atom stereocenters. The Kier molecular flexibility index (Phi) is 3.02. The smallest absolute Gasteiger partial charge is 0.180 e. The lowest BCUT2D eigenvalue weighted by atomic mass is 10.2. The van der Waals surface area contributed by atoms with Gasteiger partial charge in [-0.2, -0.15) is 0 Å². The summed E-state index contributed by atoms with van der Waals surface area (Å²) < 4.78 is 8.55. The van der Waals surface area contributed by atoms with Crippen molar-refractivity contribution in [2.24, 2.45) is 0 Å². The van der Waals surface area contributed by atoms with Crippen molar-refractivity contribution in [3.63, 3.8) is 0 Å². The summed E-state index contributed by atoms with van der Waals surface area (Å²) in [6, 6.07) is 14.0. The number of ether oxygens (including phenoxy) is 1. The maximum Gasteiger partial charge on any atom is 0.180 e. The normalized spacial score (nSPS) is 10.7. The van der Waals surface area contributed by atoms with E-state index in [1.807, 2.05) is 59.3 Å². The highest BCUT2D eigenvalue weighted by Crippen LogP contribution is 2.21. The Morgan fingerprint density at radius 2 is 1.94 bits per heavy atom. The van der Waals surface area contributed by atoms with Crippen molar-refractivity contribution in [2.45, 2.75) is 6.61 Å². The maximum absolute atomic E-state index is 5.81. The number of imidazole rings is 1. The molecule has 0 saturated heterocycles. The van der Waals surface area contributed by atoms with Gasteiger partial charge in [-0.3, -0.25) is 0 Å². The van der Waals surface area contributed by atoms with Crippen molar-refractivity contribution in [3.05, 3.63) is 65.0 Å². The summed E-state index contributed by atoms with van der Waals surface area (Å²) in [5.41, 5.74) is 1.96. The fourth-order valence-electron chi connectivity index (χ4n) is 1.81. The Balaban J connectivity index is 1.86. The third-order valence-corrected chi connectivity index (χ3v) is 3.04. The molecule has 90 valence electrons. The van der Waals surface area contributed by atoms with Crippen LogP contribution in [0.4, 0.5) is 0 Å². The van der Waals surface area contributed by atoms with Gasteiger partial charge in [0.1, 0.15) is 11.2 Å². The summed E-state index contributed by atoms with van der Waals surface area (Å²) >= 11 is 3.37. The van der Waals surface area contributed by atoms with E-state index in [0.717, 1.165) is 21.6 Å². The van der Waals surface area contributed by atoms with E-state index in [1.54, 1.807) is 0 Å². The molecule has 0 aliphatic rings. The fraction of sp³-hybridized carbons (Fsp3) is 0.0714. The summed E-state index contributed by atoms with van der Waals surface area (Å²) in [4.78, 5) is 4.38. The van der Waals surface area contributed by atoms with E-state index >= 15 is 0 Å². The maximum atomic E-state index is 5.81. The zero-order valence-corrected chi connectivity index (χ0v) is 11.2. The summed E-state index contributed by atoms with van der Waals surface area (Å²) in [6.07, 6.45) is 3.85. The van der Waals surface area contributed by atoms with Crippen LogP contribution in [0, 0.1) is 0 Å². The summed E-state index contributed by atoms with van der Waals surface area (Å²) in [5, 5.41) is 0. The number of benzene rings is 1. The van der Waals surface area contributed by atoms with E-state index in [9.17, 15) is 0 Å². The minimum Gasteiger partial charge on any atom is -0.485 e. The van der Waals surface area contributed by atoms with Gasteiger partial charge in [0.15, 0.2) is 11.4 Å². The number of pyridine rings is 1. The number of hydrogen-bond donors (Lipinski definition) is 0. The average molecular weight is 303 g/mol. The number of fused-ring (bicyclic) bond motifs is 1. The summed E-state index contributed by atoms with van der Waals surface area (Å²) in [7, 11) is 0. The quantitative estimate of drug-likeness (QED) is 0.738. The van der Waals surface area contributed by atoms with Gasteiger partial charge < -0.3 is 9.14 Å². The van der Waals surface area contributed by atoms with Crippen LogP contribution < -0.4 is 4.74 Å². The Bertz CT molecular complexity index is 664. The third kappa shape index (κ3) is 2.24. The van der Waals surface area contributed by atoms with E-state index in [4.69, 9.17) is 4.74 Å². The number of halogens is 1. The van der Waals surface area contributed by atoms with Crippen molar-refractivity contribution < 1.29 is 4.74 Å². The predicted molar refractivity (Wildman–Crippen MR) is 73.7 cm³/mol. The zero-order chi connectivity index (χ0) is 12.4. The summed E-state index contributed by atoms with van der Waals surface area (Å²) in [6.45, 7) is 0.547. The lowest BCUT2D eigenvalue weighted by Crippen LogP contribution is -1.97. The average Bonchev–Trinajstić information content (AvgIpc) is 2.78. The highest BCUT2D eigenvalue weighted by Gasteiger charge is 2.05. The Morgan fingerprint density at radius 3 is 2.78 bits per heavy atom. The fourth-order valence-corrected chi connectivity index (χ4v) is 2.19. The molecular weight excluding hydrogens is 292 g/mol. The first kappa shape index (κ1) is 11.3. The number of nitrogens with zero attached hydrogens (tertiary/aromatic N) is 2. The molecule has 2 heterocycles. The lowest BCUT2D eigenvalue weighted by molar-refractivity contribution is 0.308. The summed E-state index contributed by atoms with van der Waals surface area (Å²) in [5.74, 6) is 0.784. The van der Waals surface area contributed by atoms with Crippen LogP contribution >= 0.6 is 15.9 Å². The first-order valence-corrected chi connectivity index (χ1v) is 6.42. The van der Waals surface area contributed by atoms with Gasteiger partial charge in [0, 0.05) is 12.4 Å². The molecule has 0 fully saturated rings. The predicted octanol–water partition coefficient (Wildman–Crippen LogP) is 3.68. The van der Waals surface area contributed by atoms with Gasteiger partial charge in [0.2, 0.25) is 0 Å². The number of hydrogen-bond acceptors (Lipinski definition) is 2. The molecule has 0 saturated carbocycles. The van der Waals surface area contributed by atoms with Crippen LogP contribution in [0.2, 0.25) is 0 Å². The minimum absolute atomic E-state index is 0.547. The van der Waals surface area contributed by atoms with E-state index in [-0.39, 0.29) is 0 Å². The van der Waals surface area contributed by atoms with Gasteiger partial charge in [0.25, 0.3) is 0 Å². The second-order valence-corrected chi connectivity index (χ2v) is 4.75. The second-order valence-electron chi connectivity index (χ2n) is 3.94. The zero-order valence-electron chi connectivity index (χ0n) is 9.58. The monoisotopic (exact) mass is 302 g/mol. The molecule has 2 aromatic heterocycles. The van der Waals surface area contributed by atoms with Crippen molar-refractivity contribution in [1.29, 1.82) is 0 Å². The molecule has 3 aromatic rings. The van der Waals surface area contributed by atoms with Gasteiger partial charge in [-0.25, -0.2) is 4.98 Å².